The van der Waals surface area contributed by atoms with Crippen molar-refractivity contribution in [3.8, 4) is 0 Å². The largest absolute Gasteiger partial charge is 0.384 e. The maximum Gasteiger partial charge on any atom is 0.229 e. The van der Waals surface area contributed by atoms with Crippen molar-refractivity contribution in [1.82, 2.24) is 10.6 Å². The first-order chi connectivity index (χ1) is 7.64. The van der Waals surface area contributed by atoms with Crippen molar-refractivity contribution in [2.24, 2.45) is 5.41 Å². The maximum absolute atomic E-state index is 12.2. The van der Waals surface area contributed by atoms with Crippen LogP contribution >= 0.6 is 0 Å². The molecule has 0 radical (unpaired) electrons. The second-order valence-corrected chi connectivity index (χ2v) is 4.46. The molecule has 4 nitrogen and oxygen atoms in total. The highest BCUT2D eigenvalue weighted by Gasteiger charge is 2.39. The summed E-state index contributed by atoms with van der Waals surface area (Å²) >= 11 is 0. The molecule has 0 saturated carbocycles. The molecule has 0 aromatic rings. The first-order valence-corrected chi connectivity index (χ1v) is 5.78. The molecule has 1 unspecified atom stereocenters. The topological polar surface area (TPSA) is 50.4 Å². The van der Waals surface area contributed by atoms with Crippen molar-refractivity contribution in [2.45, 2.75) is 25.8 Å². The molecule has 1 heterocycles. The van der Waals surface area contributed by atoms with Crippen molar-refractivity contribution in [3.05, 3.63) is 12.7 Å². The Labute approximate surface area is 97.4 Å². The van der Waals surface area contributed by atoms with E-state index in [0.29, 0.717) is 6.61 Å². The minimum absolute atomic E-state index is 0.0103. The molecule has 0 bridgehead atoms. The number of piperidine rings is 1. The van der Waals surface area contributed by atoms with E-state index in [4.69, 9.17) is 4.74 Å². The van der Waals surface area contributed by atoms with Gasteiger partial charge in [-0.3, -0.25) is 4.79 Å². The van der Waals surface area contributed by atoms with Crippen LogP contribution in [0.25, 0.3) is 0 Å². The summed E-state index contributed by atoms with van der Waals surface area (Å²) in [7, 11) is 1.65. The molecule has 1 saturated heterocycles. The SMILES string of the molecule is C=CC(C)NC(=O)C1(COC)CCNCC1. The van der Waals surface area contributed by atoms with Gasteiger partial charge in [-0.25, -0.2) is 0 Å². The summed E-state index contributed by atoms with van der Waals surface area (Å²) in [5.41, 5.74) is -0.364. The average molecular weight is 226 g/mol. The molecule has 92 valence electrons. The number of carbonyl (C=O) groups excluding carboxylic acids is 1. The molecular formula is C12H22N2O2. The Balaban J connectivity index is 2.67. The molecule has 0 spiro atoms. The minimum Gasteiger partial charge on any atom is -0.384 e. The lowest BCUT2D eigenvalue weighted by molar-refractivity contribution is -0.136. The van der Waals surface area contributed by atoms with Crippen LogP contribution in [-0.4, -0.2) is 38.8 Å². The lowest BCUT2D eigenvalue weighted by atomic mass is 9.78. The zero-order valence-corrected chi connectivity index (χ0v) is 10.2. The van der Waals surface area contributed by atoms with Gasteiger partial charge in [0.25, 0.3) is 0 Å². The van der Waals surface area contributed by atoms with Gasteiger partial charge in [0.15, 0.2) is 0 Å². The lowest BCUT2D eigenvalue weighted by Crippen LogP contribution is -2.51. The molecule has 0 aliphatic carbocycles. The van der Waals surface area contributed by atoms with Crippen LogP contribution in [0.4, 0.5) is 0 Å². The Morgan fingerprint density at radius 2 is 2.25 bits per heavy atom. The molecule has 1 rings (SSSR count). The van der Waals surface area contributed by atoms with Crippen LogP contribution in [-0.2, 0) is 9.53 Å². The van der Waals surface area contributed by atoms with Crippen molar-refractivity contribution in [2.75, 3.05) is 26.8 Å². The highest BCUT2D eigenvalue weighted by Crippen LogP contribution is 2.29. The fraction of sp³-hybridized carbons (Fsp3) is 0.750. The molecule has 1 fully saturated rings. The highest BCUT2D eigenvalue weighted by atomic mass is 16.5. The van der Waals surface area contributed by atoms with Crippen LogP contribution in [0.1, 0.15) is 19.8 Å². The zero-order valence-electron chi connectivity index (χ0n) is 10.2. The molecule has 1 aliphatic rings. The Morgan fingerprint density at radius 3 is 2.75 bits per heavy atom. The number of hydrogen-bond acceptors (Lipinski definition) is 3. The predicted octanol–water partition coefficient (Wildman–Crippen LogP) is 0.693. The molecule has 1 atom stereocenters. The van der Waals surface area contributed by atoms with Gasteiger partial charge >= 0.3 is 0 Å². The Kier molecular flexibility index (Phi) is 4.96. The Hall–Kier alpha value is -0.870. The Morgan fingerprint density at radius 1 is 1.62 bits per heavy atom. The molecule has 16 heavy (non-hydrogen) atoms. The van der Waals surface area contributed by atoms with E-state index in [1.165, 1.54) is 0 Å². The standard InChI is InChI=1S/C12H22N2O2/c1-4-10(2)14-11(15)12(9-16-3)5-7-13-8-6-12/h4,10,13H,1,5-9H2,2-3H3,(H,14,15). The average Bonchev–Trinajstić information content (AvgIpc) is 2.30. The second-order valence-electron chi connectivity index (χ2n) is 4.46. The fourth-order valence-corrected chi connectivity index (χ4v) is 2.04. The van der Waals surface area contributed by atoms with Gasteiger partial charge in [0.2, 0.25) is 5.91 Å². The number of nitrogens with one attached hydrogen (secondary N) is 2. The van der Waals surface area contributed by atoms with Crippen molar-refractivity contribution >= 4 is 5.91 Å². The van der Waals surface area contributed by atoms with Gasteiger partial charge in [0, 0.05) is 13.2 Å². The number of rotatable bonds is 5. The zero-order chi connectivity index (χ0) is 12.0. The number of amides is 1. The van der Waals surface area contributed by atoms with Crippen LogP contribution < -0.4 is 10.6 Å². The first-order valence-electron chi connectivity index (χ1n) is 5.78. The predicted molar refractivity (Wildman–Crippen MR) is 64.2 cm³/mol. The molecule has 0 aromatic heterocycles. The van der Waals surface area contributed by atoms with Crippen molar-refractivity contribution in [1.29, 1.82) is 0 Å². The van der Waals surface area contributed by atoms with Gasteiger partial charge in [0.1, 0.15) is 0 Å². The first kappa shape index (κ1) is 13.2. The van der Waals surface area contributed by atoms with Gasteiger partial charge in [0.05, 0.1) is 12.0 Å². The van der Waals surface area contributed by atoms with Gasteiger partial charge in [-0.1, -0.05) is 6.08 Å². The molecule has 0 aromatic carbocycles. The summed E-state index contributed by atoms with van der Waals surface area (Å²) in [4.78, 5) is 12.2. The van der Waals surface area contributed by atoms with Gasteiger partial charge in [-0.05, 0) is 32.9 Å². The molecule has 2 N–H and O–H groups in total. The molecular weight excluding hydrogens is 204 g/mol. The summed E-state index contributed by atoms with van der Waals surface area (Å²) < 4.78 is 5.21. The minimum atomic E-state index is -0.364. The van der Waals surface area contributed by atoms with E-state index >= 15 is 0 Å². The molecule has 4 heteroatoms. The van der Waals surface area contributed by atoms with E-state index < -0.39 is 0 Å². The maximum atomic E-state index is 12.2. The normalized spacial score (nSPS) is 21.1. The van der Waals surface area contributed by atoms with Gasteiger partial charge < -0.3 is 15.4 Å². The highest BCUT2D eigenvalue weighted by molar-refractivity contribution is 5.83. The smallest absolute Gasteiger partial charge is 0.229 e. The number of ether oxygens (including phenoxy) is 1. The molecule has 1 amide bonds. The van der Waals surface area contributed by atoms with Crippen LogP contribution in [0.2, 0.25) is 0 Å². The second kappa shape index (κ2) is 6.01. The van der Waals surface area contributed by atoms with E-state index in [1.54, 1.807) is 13.2 Å². The van der Waals surface area contributed by atoms with E-state index in [-0.39, 0.29) is 17.4 Å². The number of methoxy groups -OCH3 is 1. The van der Waals surface area contributed by atoms with Crippen LogP contribution in [0.5, 0.6) is 0 Å². The van der Waals surface area contributed by atoms with E-state index in [9.17, 15) is 4.79 Å². The number of hydrogen-bond donors (Lipinski definition) is 2. The third-order valence-electron chi connectivity index (χ3n) is 3.18. The third kappa shape index (κ3) is 3.06. The van der Waals surface area contributed by atoms with Crippen LogP contribution in [0, 0.1) is 5.41 Å². The van der Waals surface area contributed by atoms with E-state index in [0.717, 1.165) is 25.9 Å². The quantitative estimate of drug-likeness (QED) is 0.678. The Bertz CT molecular complexity index is 242. The number of carbonyl (C=O) groups is 1. The van der Waals surface area contributed by atoms with E-state index in [2.05, 4.69) is 17.2 Å². The van der Waals surface area contributed by atoms with E-state index in [1.807, 2.05) is 6.92 Å². The summed E-state index contributed by atoms with van der Waals surface area (Å²) in [6.07, 6.45) is 3.40. The molecule has 1 aliphatic heterocycles. The summed E-state index contributed by atoms with van der Waals surface area (Å²) in [5.74, 6) is 0.0863. The monoisotopic (exact) mass is 226 g/mol. The summed E-state index contributed by atoms with van der Waals surface area (Å²) in [5, 5.41) is 6.22. The third-order valence-corrected chi connectivity index (χ3v) is 3.18. The van der Waals surface area contributed by atoms with Crippen LogP contribution in [0.3, 0.4) is 0 Å². The fourth-order valence-electron chi connectivity index (χ4n) is 2.04. The van der Waals surface area contributed by atoms with Gasteiger partial charge in [-0.15, -0.1) is 6.58 Å². The van der Waals surface area contributed by atoms with Gasteiger partial charge in [-0.2, -0.15) is 0 Å². The van der Waals surface area contributed by atoms with Crippen molar-refractivity contribution in [3.63, 3.8) is 0 Å². The summed E-state index contributed by atoms with van der Waals surface area (Å²) in [6, 6.07) is 0.0103. The van der Waals surface area contributed by atoms with Crippen LogP contribution in [0.15, 0.2) is 12.7 Å². The van der Waals surface area contributed by atoms with Crippen molar-refractivity contribution < 1.29 is 9.53 Å². The lowest BCUT2D eigenvalue weighted by Gasteiger charge is -2.36. The summed E-state index contributed by atoms with van der Waals surface area (Å²) in [6.45, 7) is 7.83.